The van der Waals surface area contributed by atoms with Crippen molar-refractivity contribution in [1.29, 1.82) is 5.26 Å². The first kappa shape index (κ1) is 21.3. The summed E-state index contributed by atoms with van der Waals surface area (Å²) >= 11 is 1.53. The van der Waals surface area contributed by atoms with E-state index in [1.54, 1.807) is 0 Å². The lowest BCUT2D eigenvalue weighted by Gasteiger charge is -2.09. The lowest BCUT2D eigenvalue weighted by atomic mass is 9.96. The predicted molar refractivity (Wildman–Crippen MR) is 139 cm³/mol. The van der Waals surface area contributed by atoms with Gasteiger partial charge < -0.3 is 9.73 Å². The van der Waals surface area contributed by atoms with Crippen LogP contribution in [0.15, 0.2) is 82.2 Å². The van der Waals surface area contributed by atoms with E-state index in [0.29, 0.717) is 27.4 Å². The van der Waals surface area contributed by atoms with Gasteiger partial charge in [-0.25, -0.2) is 4.99 Å². The van der Waals surface area contributed by atoms with Crippen molar-refractivity contribution in [2.24, 2.45) is 4.99 Å². The fraction of sp³-hybridized carbons (Fsp3) is 0.138. The zero-order valence-corrected chi connectivity index (χ0v) is 19.7. The molecule has 1 amide bonds. The summed E-state index contributed by atoms with van der Waals surface area (Å²) in [6.07, 6.45) is 4.06. The second kappa shape index (κ2) is 8.86. The average molecular weight is 476 g/mol. The average Bonchev–Trinajstić information content (AvgIpc) is 3.25. The van der Waals surface area contributed by atoms with Crippen LogP contribution in [0.5, 0.6) is 0 Å². The zero-order valence-electron chi connectivity index (χ0n) is 18.9. The van der Waals surface area contributed by atoms with Crippen LogP contribution in [-0.4, -0.2) is 5.91 Å². The molecule has 1 N–H and O–H groups in total. The molecule has 6 heteroatoms. The number of benzene rings is 3. The minimum absolute atomic E-state index is 0.205. The van der Waals surface area contributed by atoms with Gasteiger partial charge in [0.05, 0.1) is 5.56 Å². The molecule has 0 bridgehead atoms. The normalized spacial score (nSPS) is 13.5. The maximum Gasteiger partial charge on any atom is 0.261 e. The number of thiophene rings is 1. The van der Waals surface area contributed by atoms with Crippen LogP contribution in [0.2, 0.25) is 0 Å². The van der Waals surface area contributed by atoms with E-state index in [2.05, 4.69) is 11.4 Å². The molecular formula is C29H21N3O2S. The number of carbonyl (C=O) groups is 1. The maximum atomic E-state index is 13.5. The van der Waals surface area contributed by atoms with Crippen molar-refractivity contribution >= 4 is 49.7 Å². The molecule has 0 atom stereocenters. The van der Waals surface area contributed by atoms with Crippen molar-refractivity contribution in [1.82, 2.24) is 0 Å². The van der Waals surface area contributed by atoms with Crippen LogP contribution >= 0.6 is 11.3 Å². The lowest BCUT2D eigenvalue weighted by Crippen LogP contribution is -2.21. The number of nitrogens with zero attached hydrogens (tertiary/aromatic N) is 2. The smallest absolute Gasteiger partial charge is 0.261 e. The van der Waals surface area contributed by atoms with Crippen LogP contribution in [0.3, 0.4) is 0 Å². The molecule has 0 radical (unpaired) electrons. The van der Waals surface area contributed by atoms with Crippen molar-refractivity contribution in [3.63, 3.8) is 0 Å². The largest absolute Gasteiger partial charge is 0.437 e. The zero-order chi connectivity index (χ0) is 23.8. The number of rotatable bonds is 3. The first-order valence-corrected chi connectivity index (χ1v) is 12.4. The Morgan fingerprint density at radius 2 is 1.77 bits per heavy atom. The molecule has 2 aromatic heterocycles. The van der Waals surface area contributed by atoms with Crippen LogP contribution in [-0.2, 0) is 12.8 Å². The van der Waals surface area contributed by atoms with Gasteiger partial charge in [0.15, 0.2) is 0 Å². The summed E-state index contributed by atoms with van der Waals surface area (Å²) in [5.74, 6) is -0.312. The highest BCUT2D eigenvalue weighted by Gasteiger charge is 2.22. The summed E-state index contributed by atoms with van der Waals surface area (Å²) < 4.78 is 6.27. The number of fused-ring (bicyclic) bond motifs is 4. The Labute approximate surface area is 206 Å². The van der Waals surface area contributed by atoms with E-state index in [-0.39, 0.29) is 11.5 Å². The first-order chi connectivity index (χ1) is 17.2. The maximum absolute atomic E-state index is 13.5. The van der Waals surface area contributed by atoms with Gasteiger partial charge in [-0.05, 0) is 66.3 Å². The molecule has 3 aromatic carbocycles. The molecule has 0 aliphatic heterocycles. The molecule has 170 valence electrons. The van der Waals surface area contributed by atoms with Crippen LogP contribution < -0.4 is 10.9 Å². The summed E-state index contributed by atoms with van der Waals surface area (Å²) in [5.41, 5.74) is 3.56. The standard InChI is InChI=1S/C29H21N3O2S/c30-17-24-21-12-6-7-13-26(21)35-29(24)32-28-23(27(33)31-19-9-2-1-3-10-19)16-22-20-11-5-4-8-18(20)14-15-25(22)34-28/h1-5,8-11,14-16H,6-7,12-13H2,(H,31,33)/b32-28-. The molecule has 6 rings (SSSR count). The molecule has 1 aliphatic rings. The molecular weight excluding hydrogens is 454 g/mol. The van der Waals surface area contributed by atoms with E-state index in [4.69, 9.17) is 9.41 Å². The van der Waals surface area contributed by atoms with E-state index in [0.717, 1.165) is 47.4 Å². The highest BCUT2D eigenvalue weighted by atomic mass is 32.1. The minimum Gasteiger partial charge on any atom is -0.437 e. The van der Waals surface area contributed by atoms with Crippen molar-refractivity contribution in [3.8, 4) is 6.07 Å². The summed E-state index contributed by atoms with van der Waals surface area (Å²) in [6, 6.07) is 25.4. The molecule has 1 aliphatic carbocycles. The molecule has 0 fully saturated rings. The van der Waals surface area contributed by atoms with Crippen molar-refractivity contribution in [2.75, 3.05) is 5.32 Å². The monoisotopic (exact) mass is 475 g/mol. The Morgan fingerprint density at radius 1 is 0.971 bits per heavy atom. The number of aryl methyl sites for hydroxylation is 1. The SMILES string of the molecule is N#Cc1c(/N=c2\oc3ccc4ccccc4c3cc2C(=O)Nc2ccccc2)sc2c1CCCC2. The highest BCUT2D eigenvalue weighted by Crippen LogP contribution is 2.39. The number of nitrogens with one attached hydrogen (secondary N) is 1. The number of anilines is 1. The Hall–Kier alpha value is -4.21. The van der Waals surface area contributed by atoms with E-state index in [1.165, 1.54) is 16.2 Å². The van der Waals surface area contributed by atoms with Gasteiger partial charge in [0.25, 0.3) is 5.91 Å². The van der Waals surface area contributed by atoms with Gasteiger partial charge in [-0.3, -0.25) is 4.79 Å². The number of hydrogen-bond acceptors (Lipinski definition) is 5. The Kier molecular flexibility index (Phi) is 5.40. The Bertz CT molecular complexity index is 1710. The van der Waals surface area contributed by atoms with E-state index in [1.807, 2.05) is 72.8 Å². The third-order valence-corrected chi connectivity index (χ3v) is 7.59. The predicted octanol–water partition coefficient (Wildman–Crippen LogP) is 6.88. The van der Waals surface area contributed by atoms with Crippen LogP contribution in [0.1, 0.15) is 39.2 Å². The van der Waals surface area contributed by atoms with Gasteiger partial charge in [0.2, 0.25) is 5.55 Å². The van der Waals surface area contributed by atoms with Crippen molar-refractivity contribution < 1.29 is 9.21 Å². The fourth-order valence-corrected chi connectivity index (χ4v) is 5.89. The summed E-state index contributed by atoms with van der Waals surface area (Å²) in [5, 5.41) is 16.4. The Morgan fingerprint density at radius 3 is 2.63 bits per heavy atom. The summed E-state index contributed by atoms with van der Waals surface area (Å²) in [4.78, 5) is 19.5. The third-order valence-electron chi connectivity index (χ3n) is 6.40. The number of para-hydroxylation sites is 1. The molecule has 0 saturated carbocycles. The second-order valence-corrected chi connectivity index (χ2v) is 9.68. The van der Waals surface area contributed by atoms with Gasteiger partial charge in [-0.2, -0.15) is 5.26 Å². The highest BCUT2D eigenvalue weighted by molar-refractivity contribution is 7.16. The van der Waals surface area contributed by atoms with E-state index in [9.17, 15) is 10.1 Å². The summed E-state index contributed by atoms with van der Waals surface area (Å²) in [7, 11) is 0. The number of amides is 1. The molecule has 35 heavy (non-hydrogen) atoms. The number of nitriles is 1. The van der Waals surface area contributed by atoms with Crippen LogP contribution in [0, 0.1) is 11.3 Å². The molecule has 0 spiro atoms. The molecule has 0 saturated heterocycles. The lowest BCUT2D eigenvalue weighted by molar-refractivity contribution is 0.102. The Balaban J connectivity index is 1.59. The molecule has 5 nitrogen and oxygen atoms in total. The van der Waals surface area contributed by atoms with Gasteiger partial charge in [0, 0.05) is 16.0 Å². The fourth-order valence-electron chi connectivity index (χ4n) is 4.68. The number of carbonyl (C=O) groups excluding carboxylic acids is 1. The third kappa shape index (κ3) is 3.90. The van der Waals surface area contributed by atoms with Gasteiger partial charge >= 0.3 is 0 Å². The van der Waals surface area contributed by atoms with Crippen molar-refractivity contribution in [2.45, 2.75) is 25.7 Å². The van der Waals surface area contributed by atoms with Crippen LogP contribution in [0.4, 0.5) is 10.7 Å². The minimum atomic E-state index is -0.312. The van der Waals surface area contributed by atoms with Gasteiger partial charge in [0.1, 0.15) is 22.2 Å². The quantitative estimate of drug-likeness (QED) is 0.289. The second-order valence-electron chi connectivity index (χ2n) is 8.60. The van der Waals surface area contributed by atoms with Crippen LogP contribution in [0.25, 0.3) is 21.7 Å². The van der Waals surface area contributed by atoms with E-state index >= 15 is 0 Å². The van der Waals surface area contributed by atoms with Gasteiger partial charge in [-0.1, -0.05) is 48.5 Å². The van der Waals surface area contributed by atoms with Gasteiger partial charge in [-0.15, -0.1) is 11.3 Å². The number of hydrogen-bond donors (Lipinski definition) is 1. The summed E-state index contributed by atoms with van der Waals surface area (Å²) in [6.45, 7) is 0. The molecule has 2 heterocycles. The molecule has 5 aromatic rings. The topological polar surface area (TPSA) is 78.4 Å². The van der Waals surface area contributed by atoms with Crippen molar-refractivity contribution in [3.05, 3.63) is 99.9 Å². The molecule has 0 unspecified atom stereocenters. The van der Waals surface area contributed by atoms with E-state index < -0.39 is 0 Å². The first-order valence-electron chi connectivity index (χ1n) is 11.6.